The van der Waals surface area contributed by atoms with E-state index in [1.54, 1.807) is 5.01 Å². The van der Waals surface area contributed by atoms with Crippen LogP contribution in [0.2, 0.25) is 0 Å². The second-order valence-electron chi connectivity index (χ2n) is 2.74. The largest absolute Gasteiger partial charge is 0.277 e. The molecule has 10 heavy (non-hydrogen) atoms. The van der Waals surface area contributed by atoms with Gasteiger partial charge in [-0.15, -0.1) is 0 Å². The van der Waals surface area contributed by atoms with Crippen LogP contribution in [-0.4, -0.2) is 18.8 Å². The van der Waals surface area contributed by atoms with Crippen LogP contribution in [0.1, 0.15) is 20.8 Å². The summed E-state index contributed by atoms with van der Waals surface area (Å²) in [7, 11) is 1.87. The van der Waals surface area contributed by atoms with Crippen LogP contribution in [0.15, 0.2) is 16.9 Å². The molecule has 0 aromatic rings. The van der Waals surface area contributed by atoms with E-state index in [1.807, 2.05) is 13.2 Å². The number of hydrogen-bond donors (Lipinski definition) is 0. The number of rotatable bonds is 3. The monoisotopic (exact) mass is 140 g/mol. The first-order chi connectivity index (χ1) is 4.57. The highest BCUT2D eigenvalue weighted by molar-refractivity contribution is 5.22. The highest BCUT2D eigenvalue weighted by Gasteiger charge is 1.95. The van der Waals surface area contributed by atoms with Crippen LogP contribution < -0.4 is 0 Å². The lowest BCUT2D eigenvalue weighted by Gasteiger charge is -2.09. The first-order valence-corrected chi connectivity index (χ1v) is 3.45. The van der Waals surface area contributed by atoms with Gasteiger partial charge in [0.15, 0.2) is 0 Å². The predicted molar refractivity (Wildman–Crippen MR) is 45.9 cm³/mol. The third-order valence-corrected chi connectivity index (χ3v) is 1.52. The molecule has 2 nitrogen and oxygen atoms in total. The van der Waals surface area contributed by atoms with E-state index in [-0.39, 0.29) is 0 Å². The van der Waals surface area contributed by atoms with Gasteiger partial charge in [-0.05, 0) is 12.8 Å². The summed E-state index contributed by atoms with van der Waals surface area (Å²) in [6.45, 7) is 9.80. The smallest absolute Gasteiger partial charge is 0.0296 e. The van der Waals surface area contributed by atoms with Gasteiger partial charge < -0.3 is 0 Å². The molecular formula is C8H16N2. The lowest BCUT2D eigenvalue weighted by Crippen LogP contribution is -2.02. The molecule has 0 saturated carbocycles. The average molecular weight is 140 g/mol. The lowest BCUT2D eigenvalue weighted by atomic mass is 10.1. The van der Waals surface area contributed by atoms with E-state index in [1.165, 1.54) is 5.57 Å². The molecule has 0 unspecified atom stereocenters. The average Bonchev–Trinajstić information content (AvgIpc) is 1.87. The van der Waals surface area contributed by atoms with Gasteiger partial charge in [-0.2, -0.15) is 5.10 Å². The molecule has 2 heteroatoms. The van der Waals surface area contributed by atoms with E-state index in [2.05, 4.69) is 32.6 Å². The van der Waals surface area contributed by atoms with Crippen LogP contribution in [0.25, 0.3) is 0 Å². The maximum atomic E-state index is 3.72. The zero-order valence-corrected chi connectivity index (χ0v) is 7.26. The molecule has 0 aliphatic heterocycles. The van der Waals surface area contributed by atoms with E-state index < -0.39 is 0 Å². The molecular weight excluding hydrogens is 124 g/mol. The third kappa shape index (κ3) is 3.28. The molecule has 0 spiro atoms. The zero-order chi connectivity index (χ0) is 8.15. The maximum absolute atomic E-state index is 3.72. The van der Waals surface area contributed by atoms with Gasteiger partial charge in [-0.25, -0.2) is 0 Å². The molecule has 0 saturated heterocycles. The SMILES string of the molecule is C=NN(C)/C=C(\C)C(C)C. The second-order valence-corrected chi connectivity index (χ2v) is 2.74. The molecule has 58 valence electrons. The molecule has 0 N–H and O–H groups in total. The van der Waals surface area contributed by atoms with Crippen LogP contribution in [0.4, 0.5) is 0 Å². The summed E-state index contributed by atoms with van der Waals surface area (Å²) in [4.78, 5) is 0. The van der Waals surface area contributed by atoms with Crippen molar-refractivity contribution in [1.82, 2.24) is 5.01 Å². The van der Waals surface area contributed by atoms with Crippen molar-refractivity contribution in [2.45, 2.75) is 20.8 Å². The van der Waals surface area contributed by atoms with Crippen molar-refractivity contribution in [3.05, 3.63) is 11.8 Å². The number of hydrazone groups is 1. The van der Waals surface area contributed by atoms with E-state index in [0.29, 0.717) is 5.92 Å². The Labute approximate surface area is 63.2 Å². The summed E-state index contributed by atoms with van der Waals surface area (Å²) in [5.74, 6) is 0.587. The summed E-state index contributed by atoms with van der Waals surface area (Å²) < 4.78 is 0. The Morgan fingerprint density at radius 2 is 2.10 bits per heavy atom. The van der Waals surface area contributed by atoms with Gasteiger partial charge in [-0.3, -0.25) is 5.01 Å². The Kier molecular flexibility index (Phi) is 3.77. The standard InChI is InChI=1S/C8H16N2/c1-7(2)8(3)6-10(5)9-4/h6-7H,4H2,1-3,5H3/b8-6+. The van der Waals surface area contributed by atoms with Crippen LogP contribution in [0.5, 0.6) is 0 Å². The Balaban J connectivity index is 4.01. The van der Waals surface area contributed by atoms with Gasteiger partial charge in [0.25, 0.3) is 0 Å². The van der Waals surface area contributed by atoms with Gasteiger partial charge >= 0.3 is 0 Å². The van der Waals surface area contributed by atoms with E-state index in [0.717, 1.165) is 0 Å². The minimum Gasteiger partial charge on any atom is -0.277 e. The van der Waals surface area contributed by atoms with Gasteiger partial charge in [0.2, 0.25) is 0 Å². The molecule has 0 amide bonds. The Morgan fingerprint density at radius 3 is 2.40 bits per heavy atom. The summed E-state index contributed by atoms with van der Waals surface area (Å²) in [6, 6.07) is 0. The summed E-state index contributed by atoms with van der Waals surface area (Å²) >= 11 is 0. The van der Waals surface area contributed by atoms with E-state index >= 15 is 0 Å². The molecule has 0 radical (unpaired) electrons. The Morgan fingerprint density at radius 1 is 1.60 bits per heavy atom. The van der Waals surface area contributed by atoms with Crippen molar-refractivity contribution in [2.75, 3.05) is 7.05 Å². The fourth-order valence-corrected chi connectivity index (χ4v) is 0.485. The Bertz CT molecular complexity index is 136. The molecule has 0 aliphatic carbocycles. The van der Waals surface area contributed by atoms with Crippen molar-refractivity contribution in [3.8, 4) is 0 Å². The Hall–Kier alpha value is -0.790. The molecule has 0 rings (SSSR count). The molecule has 0 fully saturated rings. The van der Waals surface area contributed by atoms with Crippen molar-refractivity contribution >= 4 is 6.72 Å². The summed E-state index contributed by atoms with van der Waals surface area (Å²) in [5, 5.41) is 5.44. The van der Waals surface area contributed by atoms with Crippen LogP contribution in [0.3, 0.4) is 0 Å². The van der Waals surface area contributed by atoms with Gasteiger partial charge in [0.1, 0.15) is 0 Å². The van der Waals surface area contributed by atoms with Crippen LogP contribution >= 0.6 is 0 Å². The molecule has 0 aromatic carbocycles. The number of nitrogens with zero attached hydrogens (tertiary/aromatic N) is 2. The summed E-state index contributed by atoms with van der Waals surface area (Å²) in [6.07, 6.45) is 1.98. The fourth-order valence-electron chi connectivity index (χ4n) is 0.485. The summed E-state index contributed by atoms with van der Waals surface area (Å²) in [5.41, 5.74) is 1.31. The number of allylic oxidation sites excluding steroid dienone is 1. The quantitative estimate of drug-likeness (QED) is 0.433. The van der Waals surface area contributed by atoms with Crippen LogP contribution in [0, 0.1) is 5.92 Å². The predicted octanol–water partition coefficient (Wildman–Crippen LogP) is 2.09. The zero-order valence-electron chi connectivity index (χ0n) is 7.26. The molecule has 0 bridgehead atoms. The van der Waals surface area contributed by atoms with Gasteiger partial charge in [0, 0.05) is 20.0 Å². The maximum Gasteiger partial charge on any atom is 0.0296 e. The highest BCUT2D eigenvalue weighted by Crippen LogP contribution is 2.07. The van der Waals surface area contributed by atoms with Crippen molar-refractivity contribution < 1.29 is 0 Å². The van der Waals surface area contributed by atoms with E-state index in [9.17, 15) is 0 Å². The normalized spacial score (nSPS) is 11.9. The minimum atomic E-state index is 0.587. The highest BCUT2D eigenvalue weighted by atomic mass is 15.4. The fraction of sp³-hybridized carbons (Fsp3) is 0.625. The topological polar surface area (TPSA) is 15.6 Å². The molecule has 0 heterocycles. The molecule has 0 aliphatic rings. The van der Waals surface area contributed by atoms with Crippen molar-refractivity contribution in [1.29, 1.82) is 0 Å². The molecule has 0 aromatic heterocycles. The van der Waals surface area contributed by atoms with Crippen molar-refractivity contribution in [3.63, 3.8) is 0 Å². The molecule has 0 atom stereocenters. The van der Waals surface area contributed by atoms with Gasteiger partial charge in [-0.1, -0.05) is 19.4 Å². The first-order valence-electron chi connectivity index (χ1n) is 3.45. The number of hydrogen-bond acceptors (Lipinski definition) is 2. The second kappa shape index (κ2) is 4.09. The van der Waals surface area contributed by atoms with E-state index in [4.69, 9.17) is 0 Å². The van der Waals surface area contributed by atoms with Crippen LogP contribution in [-0.2, 0) is 0 Å². The third-order valence-electron chi connectivity index (χ3n) is 1.52. The minimum absolute atomic E-state index is 0.587. The van der Waals surface area contributed by atoms with Crippen molar-refractivity contribution in [2.24, 2.45) is 11.0 Å². The van der Waals surface area contributed by atoms with Gasteiger partial charge in [0.05, 0.1) is 0 Å². The lowest BCUT2D eigenvalue weighted by molar-refractivity contribution is 0.483. The first kappa shape index (κ1) is 9.21.